The normalized spacial score (nSPS) is 16.4. The van der Waals surface area contributed by atoms with Gasteiger partial charge in [-0.15, -0.1) is 0 Å². The van der Waals surface area contributed by atoms with Crippen LogP contribution in [-0.4, -0.2) is 82.3 Å². The lowest BCUT2D eigenvalue weighted by Crippen LogP contribution is -2.49. The molecule has 1 atom stereocenters. The summed E-state index contributed by atoms with van der Waals surface area (Å²) in [6.45, 7) is 9.20. The Kier molecular flexibility index (Phi) is 10.4. The molecule has 0 saturated carbocycles. The van der Waals surface area contributed by atoms with E-state index in [-0.39, 0.29) is 11.7 Å². The molecule has 0 aromatic heterocycles. The molecule has 1 heterocycles. The number of hydrogen-bond donors (Lipinski definition) is 2. The molecule has 1 unspecified atom stereocenters. The van der Waals surface area contributed by atoms with Crippen LogP contribution in [0, 0.1) is 6.92 Å². The van der Waals surface area contributed by atoms with Crippen molar-refractivity contribution in [1.82, 2.24) is 14.9 Å². The van der Waals surface area contributed by atoms with Crippen LogP contribution in [0.1, 0.15) is 25.3 Å². The molecule has 2 N–H and O–H groups in total. The Labute approximate surface area is 186 Å². The Morgan fingerprint density at radius 1 is 1.23 bits per heavy atom. The first-order chi connectivity index (χ1) is 14.3. The van der Waals surface area contributed by atoms with Crippen molar-refractivity contribution in [2.75, 3.05) is 61.9 Å². The van der Waals surface area contributed by atoms with E-state index in [1.807, 2.05) is 6.26 Å². The van der Waals surface area contributed by atoms with Crippen molar-refractivity contribution in [2.45, 2.75) is 32.7 Å². The summed E-state index contributed by atoms with van der Waals surface area (Å²) < 4.78 is 26.2. The molecule has 1 amide bonds. The summed E-state index contributed by atoms with van der Waals surface area (Å²) >= 11 is 1.60. The predicted molar refractivity (Wildman–Crippen MR) is 127 cm³/mol. The number of benzene rings is 1. The van der Waals surface area contributed by atoms with Gasteiger partial charge in [0.15, 0.2) is 0 Å². The van der Waals surface area contributed by atoms with Crippen molar-refractivity contribution in [3.8, 4) is 0 Å². The van der Waals surface area contributed by atoms with Gasteiger partial charge in [0.05, 0.1) is 5.75 Å². The maximum Gasteiger partial charge on any atom is 0.238 e. The standard InChI is InChI=1S/C21H36N4O3S2/c1-4-30(27,28)23-20(9-16-29-3)21(26)22-10-6-11-24-12-14-25(15-13-24)19-8-5-7-18(2)17-19/h5,7-8,17,20,23H,4,6,9-16H2,1-3H3,(H,22,26). The quantitative estimate of drug-likeness (QED) is 0.466. The van der Waals surface area contributed by atoms with Crippen molar-refractivity contribution in [2.24, 2.45) is 0 Å². The van der Waals surface area contributed by atoms with Crippen LogP contribution in [0.25, 0.3) is 0 Å². The fraction of sp³-hybridized carbons (Fsp3) is 0.667. The summed E-state index contributed by atoms with van der Waals surface area (Å²) in [7, 11) is -3.41. The summed E-state index contributed by atoms with van der Waals surface area (Å²) in [5.74, 6) is 0.477. The fourth-order valence-electron chi connectivity index (χ4n) is 3.47. The number of rotatable bonds is 12. The topological polar surface area (TPSA) is 81.7 Å². The second-order valence-corrected chi connectivity index (χ2v) is 10.7. The number of amides is 1. The number of aryl methyl sites for hydroxylation is 1. The molecule has 1 aliphatic heterocycles. The summed E-state index contributed by atoms with van der Waals surface area (Å²) in [6.07, 6.45) is 3.29. The Balaban J connectivity index is 1.70. The Hall–Kier alpha value is -1.29. The molecule has 0 bridgehead atoms. The Bertz CT molecular complexity index is 765. The zero-order chi connectivity index (χ0) is 22.0. The molecule has 1 saturated heterocycles. The highest BCUT2D eigenvalue weighted by atomic mass is 32.2. The molecule has 170 valence electrons. The second kappa shape index (κ2) is 12.5. The van der Waals surface area contributed by atoms with E-state index in [1.54, 1.807) is 18.7 Å². The average molecular weight is 457 g/mol. The van der Waals surface area contributed by atoms with Crippen LogP contribution in [0.15, 0.2) is 24.3 Å². The molecule has 9 heteroatoms. The molecule has 1 fully saturated rings. The SMILES string of the molecule is CCS(=O)(=O)NC(CCSC)C(=O)NCCCN1CCN(c2cccc(C)c2)CC1. The minimum atomic E-state index is -3.41. The van der Waals surface area contributed by atoms with Gasteiger partial charge in [-0.2, -0.15) is 11.8 Å². The molecule has 2 rings (SSSR count). The zero-order valence-corrected chi connectivity index (χ0v) is 20.0. The lowest BCUT2D eigenvalue weighted by atomic mass is 10.2. The highest BCUT2D eigenvalue weighted by Crippen LogP contribution is 2.17. The Morgan fingerprint density at radius 3 is 2.60 bits per heavy atom. The van der Waals surface area contributed by atoms with Crippen LogP contribution in [0.4, 0.5) is 5.69 Å². The van der Waals surface area contributed by atoms with Gasteiger partial charge in [-0.1, -0.05) is 12.1 Å². The van der Waals surface area contributed by atoms with Crippen molar-refractivity contribution < 1.29 is 13.2 Å². The second-order valence-electron chi connectivity index (χ2n) is 7.67. The molecule has 0 radical (unpaired) electrons. The van der Waals surface area contributed by atoms with Gasteiger partial charge < -0.3 is 10.2 Å². The first-order valence-electron chi connectivity index (χ1n) is 10.6. The molecule has 7 nitrogen and oxygen atoms in total. The number of carbonyl (C=O) groups excluding carboxylic acids is 1. The van der Waals surface area contributed by atoms with Gasteiger partial charge in [-0.25, -0.2) is 13.1 Å². The van der Waals surface area contributed by atoms with E-state index < -0.39 is 16.1 Å². The highest BCUT2D eigenvalue weighted by Gasteiger charge is 2.23. The third-order valence-corrected chi connectivity index (χ3v) is 7.37. The smallest absolute Gasteiger partial charge is 0.238 e. The number of carbonyl (C=O) groups is 1. The number of nitrogens with one attached hydrogen (secondary N) is 2. The van der Waals surface area contributed by atoms with E-state index >= 15 is 0 Å². The first-order valence-corrected chi connectivity index (χ1v) is 13.7. The summed E-state index contributed by atoms with van der Waals surface area (Å²) in [4.78, 5) is 17.3. The van der Waals surface area contributed by atoms with E-state index in [0.29, 0.717) is 13.0 Å². The largest absolute Gasteiger partial charge is 0.369 e. The van der Waals surface area contributed by atoms with E-state index in [2.05, 4.69) is 51.0 Å². The van der Waals surface area contributed by atoms with Gasteiger partial charge in [-0.3, -0.25) is 9.69 Å². The number of nitrogens with zero attached hydrogens (tertiary/aromatic N) is 2. The molecule has 1 aliphatic rings. The third-order valence-electron chi connectivity index (χ3n) is 5.32. The van der Waals surface area contributed by atoms with Gasteiger partial charge in [0.1, 0.15) is 6.04 Å². The Morgan fingerprint density at radius 2 is 1.97 bits per heavy atom. The summed E-state index contributed by atoms with van der Waals surface area (Å²) in [6, 6.07) is 7.92. The number of anilines is 1. The van der Waals surface area contributed by atoms with Gasteiger partial charge in [0.2, 0.25) is 15.9 Å². The predicted octanol–water partition coefficient (Wildman–Crippen LogP) is 1.68. The van der Waals surface area contributed by atoms with Gasteiger partial charge in [0, 0.05) is 38.4 Å². The van der Waals surface area contributed by atoms with Crippen LogP contribution in [0.5, 0.6) is 0 Å². The summed E-state index contributed by atoms with van der Waals surface area (Å²) in [5.41, 5.74) is 2.57. The van der Waals surface area contributed by atoms with Crippen LogP contribution in [-0.2, 0) is 14.8 Å². The van der Waals surface area contributed by atoms with Crippen LogP contribution in [0.2, 0.25) is 0 Å². The maximum atomic E-state index is 12.5. The molecule has 30 heavy (non-hydrogen) atoms. The average Bonchev–Trinajstić information content (AvgIpc) is 2.74. The number of hydrogen-bond acceptors (Lipinski definition) is 6. The minimum Gasteiger partial charge on any atom is -0.369 e. The number of piperazine rings is 1. The van der Waals surface area contributed by atoms with Crippen LogP contribution >= 0.6 is 11.8 Å². The van der Waals surface area contributed by atoms with Crippen molar-refractivity contribution >= 4 is 33.4 Å². The third kappa shape index (κ3) is 8.45. The lowest BCUT2D eigenvalue weighted by molar-refractivity contribution is -0.122. The maximum absolute atomic E-state index is 12.5. The fourth-order valence-corrected chi connectivity index (χ4v) is 4.77. The van der Waals surface area contributed by atoms with Gasteiger partial charge in [0.25, 0.3) is 0 Å². The molecule has 1 aromatic rings. The lowest BCUT2D eigenvalue weighted by Gasteiger charge is -2.36. The van der Waals surface area contributed by atoms with Gasteiger partial charge >= 0.3 is 0 Å². The van der Waals surface area contributed by atoms with Crippen molar-refractivity contribution in [3.63, 3.8) is 0 Å². The minimum absolute atomic E-state index is 0.0232. The van der Waals surface area contributed by atoms with E-state index in [1.165, 1.54) is 11.3 Å². The monoisotopic (exact) mass is 456 g/mol. The van der Waals surface area contributed by atoms with Crippen molar-refractivity contribution in [3.05, 3.63) is 29.8 Å². The van der Waals surface area contributed by atoms with Crippen LogP contribution < -0.4 is 14.9 Å². The molecule has 0 aliphatic carbocycles. The molecule has 0 spiro atoms. The van der Waals surface area contributed by atoms with Gasteiger partial charge in [-0.05, 0) is 62.9 Å². The van der Waals surface area contributed by atoms with Crippen LogP contribution in [0.3, 0.4) is 0 Å². The van der Waals surface area contributed by atoms with E-state index in [9.17, 15) is 13.2 Å². The van der Waals surface area contributed by atoms with Crippen molar-refractivity contribution in [1.29, 1.82) is 0 Å². The summed E-state index contributed by atoms with van der Waals surface area (Å²) in [5, 5.41) is 2.91. The zero-order valence-electron chi connectivity index (χ0n) is 18.4. The number of thioether (sulfide) groups is 1. The number of sulfonamides is 1. The molecule has 1 aromatic carbocycles. The van der Waals surface area contributed by atoms with E-state index in [0.717, 1.165) is 44.9 Å². The molecular weight excluding hydrogens is 420 g/mol. The highest BCUT2D eigenvalue weighted by molar-refractivity contribution is 7.98. The molecular formula is C21H36N4O3S2. The van der Waals surface area contributed by atoms with E-state index in [4.69, 9.17) is 0 Å². The first kappa shape index (κ1) is 25.0.